The van der Waals surface area contributed by atoms with E-state index in [9.17, 15) is 13.2 Å². The number of amides is 1. The first kappa shape index (κ1) is 29.8. The lowest BCUT2D eigenvalue weighted by Gasteiger charge is -2.23. The molecule has 0 saturated heterocycles. The Morgan fingerprint density at radius 3 is 2.34 bits per heavy atom. The number of hydrogen-bond donors (Lipinski definition) is 1. The largest absolute Gasteiger partial charge is 0.493 e. The maximum absolute atomic E-state index is 12.7. The third-order valence-corrected chi connectivity index (χ3v) is 7.98. The van der Waals surface area contributed by atoms with Gasteiger partial charge in [0.15, 0.2) is 11.5 Å². The average Bonchev–Trinajstić information content (AvgIpc) is 2.96. The van der Waals surface area contributed by atoms with Gasteiger partial charge in [-0.1, -0.05) is 54.6 Å². The molecule has 41 heavy (non-hydrogen) atoms. The molecule has 4 aromatic rings. The fourth-order valence-electron chi connectivity index (χ4n) is 4.04. The van der Waals surface area contributed by atoms with Gasteiger partial charge in [0, 0.05) is 5.56 Å². The van der Waals surface area contributed by atoms with Crippen molar-refractivity contribution in [3.05, 3.63) is 123 Å². The van der Waals surface area contributed by atoms with Gasteiger partial charge >= 0.3 is 0 Å². The quantitative estimate of drug-likeness (QED) is 0.159. The maximum Gasteiger partial charge on any atom is 0.271 e. The van der Waals surface area contributed by atoms with E-state index in [1.54, 1.807) is 37.4 Å². The zero-order valence-corrected chi connectivity index (χ0v) is 25.3. The third-order valence-electron chi connectivity index (χ3n) is 6.25. The second-order valence-corrected chi connectivity index (χ2v) is 12.0. The van der Waals surface area contributed by atoms with Crippen LogP contribution in [0.15, 0.2) is 101 Å². The van der Waals surface area contributed by atoms with E-state index in [0.717, 1.165) is 22.9 Å². The van der Waals surface area contributed by atoms with Crippen molar-refractivity contribution >= 4 is 43.8 Å². The molecule has 1 N–H and O–H groups in total. The first-order chi connectivity index (χ1) is 19.7. The van der Waals surface area contributed by atoms with Crippen molar-refractivity contribution < 1.29 is 22.7 Å². The van der Waals surface area contributed by atoms with Gasteiger partial charge < -0.3 is 9.47 Å². The van der Waals surface area contributed by atoms with Crippen LogP contribution in [0.2, 0.25) is 0 Å². The molecule has 0 aliphatic heterocycles. The lowest BCUT2D eigenvalue weighted by molar-refractivity contribution is 0.0955. The summed E-state index contributed by atoms with van der Waals surface area (Å²) in [4.78, 5) is 12.7. The highest BCUT2D eigenvalue weighted by molar-refractivity contribution is 9.10. The van der Waals surface area contributed by atoms with Gasteiger partial charge in [0.1, 0.15) is 6.61 Å². The third kappa shape index (κ3) is 7.96. The van der Waals surface area contributed by atoms with Gasteiger partial charge in [0.2, 0.25) is 10.0 Å². The lowest BCUT2D eigenvalue weighted by Crippen LogP contribution is -2.29. The Labute approximate surface area is 248 Å². The molecule has 4 rings (SSSR count). The summed E-state index contributed by atoms with van der Waals surface area (Å²) in [6.45, 7) is 2.51. The number of rotatable bonds is 11. The van der Waals surface area contributed by atoms with E-state index >= 15 is 0 Å². The minimum atomic E-state index is -3.56. The van der Waals surface area contributed by atoms with Crippen molar-refractivity contribution in [1.82, 2.24) is 5.43 Å². The number of ether oxygens (including phenoxy) is 2. The molecular weight excluding hydrogens is 606 g/mol. The number of hydrogen-bond acceptors (Lipinski definition) is 6. The minimum Gasteiger partial charge on any atom is -0.493 e. The summed E-state index contributed by atoms with van der Waals surface area (Å²) < 4.78 is 38.5. The predicted molar refractivity (Wildman–Crippen MR) is 165 cm³/mol. The van der Waals surface area contributed by atoms with Crippen LogP contribution in [0.1, 0.15) is 32.6 Å². The van der Waals surface area contributed by atoms with Crippen molar-refractivity contribution in [2.24, 2.45) is 5.10 Å². The summed E-state index contributed by atoms with van der Waals surface area (Å²) in [5.41, 5.74) is 6.89. The van der Waals surface area contributed by atoms with Crippen molar-refractivity contribution in [2.45, 2.75) is 20.1 Å². The van der Waals surface area contributed by atoms with Gasteiger partial charge in [0.25, 0.3) is 5.91 Å². The molecule has 0 spiro atoms. The van der Waals surface area contributed by atoms with Gasteiger partial charge in [-0.05, 0) is 81.5 Å². The number of benzene rings is 4. The summed E-state index contributed by atoms with van der Waals surface area (Å²) in [6.07, 6.45) is 2.66. The number of sulfonamides is 1. The number of carbonyl (C=O) groups is 1. The molecule has 0 unspecified atom stereocenters. The molecule has 4 aromatic carbocycles. The van der Waals surface area contributed by atoms with Crippen molar-refractivity contribution in [3.63, 3.8) is 0 Å². The van der Waals surface area contributed by atoms with Crippen LogP contribution in [0.5, 0.6) is 11.5 Å². The van der Waals surface area contributed by atoms with E-state index < -0.39 is 15.9 Å². The molecule has 0 aromatic heterocycles. The maximum atomic E-state index is 12.7. The highest BCUT2D eigenvalue weighted by atomic mass is 79.9. The van der Waals surface area contributed by atoms with E-state index in [1.165, 1.54) is 10.5 Å². The number of anilines is 1. The number of halogens is 1. The van der Waals surface area contributed by atoms with Crippen LogP contribution in [0.25, 0.3) is 0 Å². The number of methoxy groups -OCH3 is 1. The zero-order chi connectivity index (χ0) is 29.4. The first-order valence-electron chi connectivity index (χ1n) is 12.7. The Balaban J connectivity index is 1.42. The summed E-state index contributed by atoms with van der Waals surface area (Å²) >= 11 is 3.53. The number of hydrazone groups is 1. The summed E-state index contributed by atoms with van der Waals surface area (Å²) in [5.74, 6) is 0.634. The fraction of sp³-hybridized carbons (Fsp3) is 0.161. The van der Waals surface area contributed by atoms with E-state index in [2.05, 4.69) is 26.5 Å². The summed E-state index contributed by atoms with van der Waals surface area (Å²) in [5, 5.41) is 4.07. The molecule has 0 aliphatic carbocycles. The second kappa shape index (κ2) is 13.5. The molecule has 0 radical (unpaired) electrons. The Kier molecular flexibility index (Phi) is 9.80. The molecule has 1 amide bonds. The van der Waals surface area contributed by atoms with Crippen molar-refractivity contribution in [3.8, 4) is 11.5 Å². The first-order valence-corrected chi connectivity index (χ1v) is 15.3. The Morgan fingerprint density at radius 2 is 1.68 bits per heavy atom. The van der Waals surface area contributed by atoms with Gasteiger partial charge in [-0.2, -0.15) is 5.10 Å². The Morgan fingerprint density at radius 1 is 1.00 bits per heavy atom. The summed E-state index contributed by atoms with van der Waals surface area (Å²) in [6, 6.07) is 27.3. The van der Waals surface area contributed by atoms with Gasteiger partial charge in [-0.3, -0.25) is 9.10 Å². The molecule has 0 aliphatic rings. The number of carbonyl (C=O) groups excluding carboxylic acids is 1. The van der Waals surface area contributed by atoms with E-state index in [4.69, 9.17) is 9.47 Å². The van der Waals surface area contributed by atoms with Crippen molar-refractivity contribution in [2.75, 3.05) is 17.7 Å². The molecule has 0 heterocycles. The monoisotopic (exact) mass is 635 g/mol. The van der Waals surface area contributed by atoms with E-state index in [0.29, 0.717) is 39.4 Å². The van der Waals surface area contributed by atoms with Crippen LogP contribution in [-0.2, 0) is 23.2 Å². The van der Waals surface area contributed by atoms with E-state index in [1.807, 2.05) is 67.6 Å². The van der Waals surface area contributed by atoms with Crippen LogP contribution in [0, 0.1) is 6.92 Å². The molecular formula is C31H30BrN3O5S. The van der Waals surface area contributed by atoms with Crippen LogP contribution in [0.3, 0.4) is 0 Å². The van der Waals surface area contributed by atoms with Crippen LogP contribution < -0.4 is 19.2 Å². The van der Waals surface area contributed by atoms with Gasteiger partial charge in [-0.15, -0.1) is 0 Å². The smallest absolute Gasteiger partial charge is 0.271 e. The SMILES string of the molecule is COc1cc(/C=N\NC(=O)c2ccc(N(Cc3ccccc3C)S(C)(=O)=O)cc2)cc(Br)c1OCc1ccccc1. The number of aryl methyl sites for hydroxylation is 1. The van der Waals surface area contributed by atoms with Gasteiger partial charge in [0.05, 0.1) is 36.3 Å². The van der Waals surface area contributed by atoms with Gasteiger partial charge in [-0.25, -0.2) is 13.8 Å². The van der Waals surface area contributed by atoms with Crippen LogP contribution in [-0.4, -0.2) is 33.9 Å². The van der Waals surface area contributed by atoms with E-state index in [-0.39, 0.29) is 6.54 Å². The standard InChI is InChI=1S/C31H30BrN3O5S/c1-22-9-7-8-12-26(22)20-35(41(3,37)38)27-15-13-25(14-16-27)31(36)34-33-19-24-17-28(32)30(29(18-24)39-2)40-21-23-10-5-4-6-11-23/h4-19H,20-21H2,1-3H3,(H,34,36)/b33-19-. The molecule has 10 heteroatoms. The minimum absolute atomic E-state index is 0.191. The van der Waals surface area contributed by atoms with Crippen LogP contribution >= 0.6 is 15.9 Å². The Hall–Kier alpha value is -4.15. The highest BCUT2D eigenvalue weighted by Gasteiger charge is 2.19. The Bertz CT molecular complexity index is 1640. The number of nitrogens with one attached hydrogen (secondary N) is 1. The normalized spacial score (nSPS) is 11.3. The second-order valence-electron chi connectivity index (χ2n) is 9.25. The molecule has 8 nitrogen and oxygen atoms in total. The highest BCUT2D eigenvalue weighted by Crippen LogP contribution is 2.37. The molecule has 0 saturated carbocycles. The molecule has 0 bridgehead atoms. The van der Waals surface area contributed by atoms with Crippen molar-refractivity contribution in [1.29, 1.82) is 0 Å². The molecule has 0 fully saturated rings. The lowest BCUT2D eigenvalue weighted by atomic mass is 10.1. The number of nitrogens with zero attached hydrogens (tertiary/aromatic N) is 2. The molecule has 212 valence electrons. The average molecular weight is 637 g/mol. The zero-order valence-electron chi connectivity index (χ0n) is 22.9. The molecule has 0 atom stereocenters. The predicted octanol–water partition coefficient (Wildman–Crippen LogP) is 6.08. The fourth-order valence-corrected chi connectivity index (χ4v) is 5.49. The van der Waals surface area contributed by atoms with Crippen LogP contribution in [0.4, 0.5) is 5.69 Å². The summed E-state index contributed by atoms with van der Waals surface area (Å²) in [7, 11) is -2.00. The topological polar surface area (TPSA) is 97.3 Å².